The summed E-state index contributed by atoms with van der Waals surface area (Å²) in [4.78, 5) is 12.1. The van der Waals surface area contributed by atoms with Crippen molar-refractivity contribution in [3.63, 3.8) is 0 Å². The maximum absolute atomic E-state index is 15.6. The molecule has 0 spiro atoms. The highest BCUT2D eigenvalue weighted by molar-refractivity contribution is 5.82. The minimum Gasteiger partial charge on any atom is -0.466 e. The van der Waals surface area contributed by atoms with Crippen LogP contribution in [-0.2, 0) is 33.2 Å². The number of ether oxygens (including phenoxy) is 6. The molecule has 3 heterocycles. The monoisotopic (exact) mass is 320 g/mol. The summed E-state index contributed by atoms with van der Waals surface area (Å²) < 4.78 is 48.0. The topological polar surface area (TPSA) is 72.5 Å². The SMILES string of the molecule is COC(=O)[C@]1(F)[C@@H]([C@H]2COC(C)(C)O2)O[C@@H]2OC(C)(C)O[C@@H]21. The Labute approximate surface area is 127 Å². The highest BCUT2D eigenvalue weighted by Crippen LogP contribution is 2.48. The summed E-state index contributed by atoms with van der Waals surface area (Å²) in [6.45, 7) is 6.76. The number of carbonyl (C=O) groups is 1. The number of fused-ring (bicyclic) bond motifs is 1. The molecule has 3 aliphatic rings. The van der Waals surface area contributed by atoms with Gasteiger partial charge in [0.25, 0.3) is 5.67 Å². The normalized spacial score (nSPS) is 45.7. The van der Waals surface area contributed by atoms with Gasteiger partial charge in [-0.05, 0) is 27.7 Å². The second-order valence-electron chi connectivity index (χ2n) is 6.61. The van der Waals surface area contributed by atoms with Gasteiger partial charge in [0.15, 0.2) is 24.0 Å². The van der Waals surface area contributed by atoms with Gasteiger partial charge in [-0.1, -0.05) is 0 Å². The molecule has 0 radical (unpaired) electrons. The van der Waals surface area contributed by atoms with Crippen molar-refractivity contribution in [1.29, 1.82) is 0 Å². The highest BCUT2D eigenvalue weighted by atomic mass is 19.1. The minimum absolute atomic E-state index is 0.100. The highest BCUT2D eigenvalue weighted by Gasteiger charge is 2.71. The molecule has 22 heavy (non-hydrogen) atoms. The van der Waals surface area contributed by atoms with Crippen LogP contribution in [0.3, 0.4) is 0 Å². The van der Waals surface area contributed by atoms with Gasteiger partial charge in [0, 0.05) is 0 Å². The van der Waals surface area contributed by atoms with Gasteiger partial charge >= 0.3 is 5.97 Å². The summed E-state index contributed by atoms with van der Waals surface area (Å²) in [6.07, 6.45) is -4.21. The number of hydrogen-bond acceptors (Lipinski definition) is 7. The molecule has 0 aromatic carbocycles. The number of esters is 1. The van der Waals surface area contributed by atoms with Gasteiger partial charge in [0.2, 0.25) is 0 Å². The first-order valence-electron chi connectivity index (χ1n) is 7.19. The molecule has 0 bridgehead atoms. The molecule has 126 valence electrons. The van der Waals surface area contributed by atoms with Crippen LogP contribution >= 0.6 is 0 Å². The van der Waals surface area contributed by atoms with E-state index < -0.39 is 47.8 Å². The number of halogens is 1. The molecule has 0 aliphatic carbocycles. The van der Waals surface area contributed by atoms with Crippen molar-refractivity contribution in [3.8, 4) is 0 Å². The Morgan fingerprint density at radius 2 is 1.77 bits per heavy atom. The average Bonchev–Trinajstić information content (AvgIpc) is 3.00. The van der Waals surface area contributed by atoms with Gasteiger partial charge in [-0.3, -0.25) is 0 Å². The third-order valence-electron chi connectivity index (χ3n) is 4.03. The van der Waals surface area contributed by atoms with Crippen molar-refractivity contribution in [2.75, 3.05) is 13.7 Å². The number of hydrogen-bond donors (Lipinski definition) is 0. The third-order valence-corrected chi connectivity index (χ3v) is 4.03. The molecule has 3 rings (SSSR count). The van der Waals surface area contributed by atoms with Gasteiger partial charge in [0.1, 0.15) is 12.2 Å². The molecule has 3 fully saturated rings. The Morgan fingerprint density at radius 1 is 1.09 bits per heavy atom. The van der Waals surface area contributed by atoms with E-state index in [9.17, 15) is 4.79 Å². The second-order valence-corrected chi connectivity index (χ2v) is 6.61. The first-order chi connectivity index (χ1) is 10.1. The zero-order valence-electron chi connectivity index (χ0n) is 13.3. The maximum Gasteiger partial charge on any atom is 0.349 e. The van der Waals surface area contributed by atoms with E-state index in [1.807, 2.05) is 0 Å². The third kappa shape index (κ3) is 2.33. The number of carbonyl (C=O) groups excluding carboxylic acids is 1. The van der Waals surface area contributed by atoms with Crippen LogP contribution in [0.5, 0.6) is 0 Å². The molecular weight excluding hydrogens is 299 g/mol. The van der Waals surface area contributed by atoms with Gasteiger partial charge in [-0.25, -0.2) is 9.18 Å². The lowest BCUT2D eigenvalue weighted by molar-refractivity contribution is -0.240. The molecule has 7 nitrogen and oxygen atoms in total. The molecule has 3 aliphatic heterocycles. The lowest BCUT2D eigenvalue weighted by Crippen LogP contribution is -2.56. The van der Waals surface area contributed by atoms with Crippen molar-refractivity contribution >= 4 is 5.97 Å². The molecule has 0 amide bonds. The van der Waals surface area contributed by atoms with Crippen LogP contribution in [-0.4, -0.2) is 61.5 Å². The molecular formula is C14H21FO7. The largest absolute Gasteiger partial charge is 0.466 e. The summed E-state index contributed by atoms with van der Waals surface area (Å²) in [5, 5.41) is 0. The van der Waals surface area contributed by atoms with Gasteiger partial charge in [0.05, 0.1) is 13.7 Å². The maximum atomic E-state index is 15.6. The van der Waals surface area contributed by atoms with Crippen LogP contribution in [0.25, 0.3) is 0 Å². The van der Waals surface area contributed by atoms with Crippen LogP contribution in [0.4, 0.5) is 4.39 Å². The van der Waals surface area contributed by atoms with E-state index in [-0.39, 0.29) is 6.61 Å². The Balaban J connectivity index is 1.90. The predicted octanol–water partition coefficient (Wildman–Crippen LogP) is 0.896. The fourth-order valence-corrected chi connectivity index (χ4v) is 3.13. The van der Waals surface area contributed by atoms with Crippen molar-refractivity contribution in [2.45, 2.75) is 69.5 Å². The molecule has 0 unspecified atom stereocenters. The van der Waals surface area contributed by atoms with E-state index >= 15 is 4.39 Å². The van der Waals surface area contributed by atoms with Crippen molar-refractivity contribution in [1.82, 2.24) is 0 Å². The van der Waals surface area contributed by atoms with E-state index in [2.05, 4.69) is 4.74 Å². The zero-order chi connectivity index (χ0) is 16.3. The number of alkyl halides is 1. The average molecular weight is 320 g/mol. The Kier molecular flexibility index (Phi) is 3.54. The van der Waals surface area contributed by atoms with Gasteiger partial charge in [-0.2, -0.15) is 0 Å². The van der Waals surface area contributed by atoms with Crippen LogP contribution in [0.15, 0.2) is 0 Å². The molecule has 8 heteroatoms. The number of methoxy groups -OCH3 is 1. The molecule has 0 aromatic rings. The van der Waals surface area contributed by atoms with E-state index in [4.69, 9.17) is 23.7 Å². The molecule has 5 atom stereocenters. The van der Waals surface area contributed by atoms with Crippen LogP contribution in [0.2, 0.25) is 0 Å². The summed E-state index contributed by atoms with van der Waals surface area (Å²) in [5.74, 6) is -2.98. The van der Waals surface area contributed by atoms with Crippen LogP contribution < -0.4 is 0 Å². The Morgan fingerprint density at radius 3 is 2.32 bits per heavy atom. The summed E-state index contributed by atoms with van der Waals surface area (Å²) in [5.41, 5.74) is -2.53. The van der Waals surface area contributed by atoms with E-state index in [0.717, 1.165) is 7.11 Å². The first-order valence-corrected chi connectivity index (χ1v) is 7.19. The first kappa shape index (κ1) is 16.1. The molecule has 0 saturated carbocycles. The summed E-state index contributed by atoms with van der Waals surface area (Å²) in [7, 11) is 1.12. The van der Waals surface area contributed by atoms with Gasteiger partial charge < -0.3 is 28.4 Å². The minimum atomic E-state index is -2.53. The van der Waals surface area contributed by atoms with Crippen molar-refractivity contribution in [2.24, 2.45) is 0 Å². The second kappa shape index (κ2) is 4.85. The zero-order valence-corrected chi connectivity index (χ0v) is 13.3. The summed E-state index contributed by atoms with van der Waals surface area (Å²) >= 11 is 0. The standard InChI is InChI=1S/C14H21FO7/c1-12(2)18-6-7(20-12)8-14(15,11(16)17-5)9-10(19-8)22-13(3,4)21-9/h7-10H,6H2,1-5H3/t7-,8-,9+,10-,14+/m1/s1. The Hall–Kier alpha value is -0.800. The summed E-state index contributed by atoms with van der Waals surface area (Å²) in [6, 6.07) is 0. The van der Waals surface area contributed by atoms with Gasteiger partial charge in [-0.15, -0.1) is 0 Å². The quantitative estimate of drug-likeness (QED) is 0.700. The van der Waals surface area contributed by atoms with E-state index in [1.165, 1.54) is 0 Å². The number of rotatable bonds is 2. The molecule has 3 saturated heterocycles. The lowest BCUT2D eigenvalue weighted by Gasteiger charge is -2.31. The van der Waals surface area contributed by atoms with Crippen molar-refractivity contribution < 1.29 is 37.6 Å². The van der Waals surface area contributed by atoms with E-state index in [0.29, 0.717) is 0 Å². The Bertz CT molecular complexity index is 480. The van der Waals surface area contributed by atoms with Crippen LogP contribution in [0.1, 0.15) is 27.7 Å². The van der Waals surface area contributed by atoms with Crippen molar-refractivity contribution in [3.05, 3.63) is 0 Å². The molecule has 0 aromatic heterocycles. The fraction of sp³-hybridized carbons (Fsp3) is 0.929. The smallest absolute Gasteiger partial charge is 0.349 e. The fourth-order valence-electron chi connectivity index (χ4n) is 3.13. The van der Waals surface area contributed by atoms with E-state index in [1.54, 1.807) is 27.7 Å². The molecule has 0 N–H and O–H groups in total. The van der Waals surface area contributed by atoms with Crippen LogP contribution in [0, 0.1) is 0 Å². The lowest BCUT2D eigenvalue weighted by atomic mass is 9.91. The predicted molar refractivity (Wildman–Crippen MR) is 69.5 cm³/mol.